The van der Waals surface area contributed by atoms with Crippen LogP contribution in [0, 0.1) is 6.92 Å². The zero-order chi connectivity index (χ0) is 14.0. The number of aromatic carboxylic acids is 2. The molecule has 0 atom stereocenters. The van der Waals surface area contributed by atoms with Gasteiger partial charge in [0, 0.05) is 18.0 Å². The smallest absolute Gasteiger partial charge is 0.336 e. The van der Waals surface area contributed by atoms with Gasteiger partial charge in [-0.3, -0.25) is 9.97 Å². The number of nitrogens with zero attached hydrogens (tertiary/aromatic N) is 2. The molecule has 0 spiro atoms. The summed E-state index contributed by atoms with van der Waals surface area (Å²) in [5, 5.41) is 18.1. The molecule has 1 aromatic heterocycles. The first-order valence-electron chi connectivity index (χ1n) is 5.38. The summed E-state index contributed by atoms with van der Waals surface area (Å²) in [6.45, 7) is 1.61. The van der Waals surface area contributed by atoms with Crippen LogP contribution < -0.4 is 0 Å². The maximum absolute atomic E-state index is 11.2. The van der Waals surface area contributed by atoms with Crippen molar-refractivity contribution in [3.8, 4) is 11.3 Å². The van der Waals surface area contributed by atoms with Crippen LogP contribution in [-0.2, 0) is 0 Å². The Bertz CT molecular complexity index is 653. The highest BCUT2D eigenvalue weighted by Gasteiger charge is 2.17. The zero-order valence-electron chi connectivity index (χ0n) is 9.99. The molecule has 6 nitrogen and oxygen atoms in total. The molecule has 1 heterocycles. The van der Waals surface area contributed by atoms with E-state index in [1.54, 1.807) is 6.92 Å². The summed E-state index contributed by atoms with van der Waals surface area (Å²) in [6, 6.07) is 2.54. The van der Waals surface area contributed by atoms with Crippen molar-refractivity contribution in [1.29, 1.82) is 0 Å². The lowest BCUT2D eigenvalue weighted by atomic mass is 9.97. The van der Waals surface area contributed by atoms with Crippen LogP contribution in [0.25, 0.3) is 11.3 Å². The van der Waals surface area contributed by atoms with E-state index in [4.69, 9.17) is 10.2 Å². The van der Waals surface area contributed by atoms with Gasteiger partial charge in [0.1, 0.15) is 0 Å². The molecule has 96 valence electrons. The van der Waals surface area contributed by atoms with Crippen LogP contribution in [0.2, 0.25) is 0 Å². The Morgan fingerprint density at radius 1 is 1.11 bits per heavy atom. The molecule has 0 unspecified atom stereocenters. The number of hydrogen-bond donors (Lipinski definition) is 2. The molecule has 0 radical (unpaired) electrons. The Morgan fingerprint density at radius 2 is 1.84 bits per heavy atom. The molecule has 0 fully saturated rings. The summed E-state index contributed by atoms with van der Waals surface area (Å²) in [5.41, 5.74) is 1.19. The number of benzene rings is 1. The molecular weight excluding hydrogens is 248 g/mol. The molecule has 19 heavy (non-hydrogen) atoms. The van der Waals surface area contributed by atoms with Crippen molar-refractivity contribution in [3.05, 3.63) is 47.4 Å². The average molecular weight is 258 g/mol. The maximum atomic E-state index is 11.2. The Morgan fingerprint density at radius 3 is 2.37 bits per heavy atom. The van der Waals surface area contributed by atoms with E-state index in [2.05, 4.69) is 9.97 Å². The lowest BCUT2D eigenvalue weighted by Crippen LogP contribution is -2.06. The van der Waals surface area contributed by atoms with E-state index in [1.165, 1.54) is 24.7 Å². The number of carboxylic acid groups (broad SMARTS) is 2. The lowest BCUT2D eigenvalue weighted by Gasteiger charge is -2.09. The molecule has 0 aliphatic carbocycles. The van der Waals surface area contributed by atoms with Crippen LogP contribution in [-0.4, -0.2) is 32.1 Å². The third-order valence-electron chi connectivity index (χ3n) is 2.72. The first-order valence-corrected chi connectivity index (χ1v) is 5.38. The topological polar surface area (TPSA) is 100 Å². The standard InChI is InChI=1S/C13H10N2O4/c1-7-9(11-6-14-2-3-15-11)4-8(12(16)17)5-10(7)13(18)19/h2-6H,1H3,(H,16,17)(H,18,19). The minimum atomic E-state index is -1.19. The Labute approximate surface area is 108 Å². The highest BCUT2D eigenvalue weighted by Crippen LogP contribution is 2.25. The van der Waals surface area contributed by atoms with Crippen LogP contribution in [0.4, 0.5) is 0 Å². The van der Waals surface area contributed by atoms with Gasteiger partial charge >= 0.3 is 11.9 Å². The molecule has 2 aromatic rings. The van der Waals surface area contributed by atoms with Gasteiger partial charge in [0.15, 0.2) is 0 Å². The minimum Gasteiger partial charge on any atom is -0.478 e. The molecule has 1 aromatic carbocycles. The molecule has 2 rings (SSSR count). The third kappa shape index (κ3) is 2.42. The van der Waals surface area contributed by atoms with Gasteiger partial charge in [-0.15, -0.1) is 0 Å². The summed E-state index contributed by atoms with van der Waals surface area (Å²) >= 11 is 0. The second-order valence-corrected chi connectivity index (χ2v) is 3.90. The highest BCUT2D eigenvalue weighted by atomic mass is 16.4. The molecule has 0 aliphatic rings. The number of hydrogen-bond acceptors (Lipinski definition) is 4. The van der Waals surface area contributed by atoms with Crippen LogP contribution >= 0.6 is 0 Å². The summed E-state index contributed by atoms with van der Waals surface area (Å²) < 4.78 is 0. The van der Waals surface area contributed by atoms with E-state index in [0.717, 1.165) is 6.07 Å². The lowest BCUT2D eigenvalue weighted by molar-refractivity contribution is 0.0695. The molecule has 0 saturated heterocycles. The molecule has 6 heteroatoms. The largest absolute Gasteiger partial charge is 0.478 e. The van der Waals surface area contributed by atoms with Gasteiger partial charge in [0.25, 0.3) is 0 Å². The second-order valence-electron chi connectivity index (χ2n) is 3.90. The predicted molar refractivity (Wildman–Crippen MR) is 66.1 cm³/mol. The van der Waals surface area contributed by atoms with E-state index in [1.807, 2.05) is 0 Å². The molecule has 0 aliphatic heterocycles. The maximum Gasteiger partial charge on any atom is 0.336 e. The van der Waals surface area contributed by atoms with Crippen molar-refractivity contribution in [2.24, 2.45) is 0 Å². The fourth-order valence-electron chi connectivity index (χ4n) is 1.76. The minimum absolute atomic E-state index is 0.0550. The predicted octanol–water partition coefficient (Wildman–Crippen LogP) is 1.85. The first kappa shape index (κ1) is 12.7. The summed E-state index contributed by atoms with van der Waals surface area (Å²) in [7, 11) is 0. The van der Waals surface area contributed by atoms with E-state index in [9.17, 15) is 9.59 Å². The van der Waals surface area contributed by atoms with Gasteiger partial charge in [-0.2, -0.15) is 0 Å². The quantitative estimate of drug-likeness (QED) is 0.871. The monoisotopic (exact) mass is 258 g/mol. The normalized spacial score (nSPS) is 10.2. The van der Waals surface area contributed by atoms with Gasteiger partial charge in [-0.05, 0) is 24.6 Å². The average Bonchev–Trinajstić information content (AvgIpc) is 2.39. The van der Waals surface area contributed by atoms with Gasteiger partial charge in [0.05, 0.1) is 23.0 Å². The molecule has 2 N–H and O–H groups in total. The van der Waals surface area contributed by atoms with Crippen molar-refractivity contribution in [2.75, 3.05) is 0 Å². The summed E-state index contributed by atoms with van der Waals surface area (Å²) in [6.07, 6.45) is 4.40. The van der Waals surface area contributed by atoms with Gasteiger partial charge in [-0.25, -0.2) is 9.59 Å². The van der Waals surface area contributed by atoms with Crippen molar-refractivity contribution >= 4 is 11.9 Å². The van der Waals surface area contributed by atoms with Crippen molar-refractivity contribution in [2.45, 2.75) is 6.92 Å². The van der Waals surface area contributed by atoms with Crippen molar-refractivity contribution < 1.29 is 19.8 Å². The number of rotatable bonds is 3. The second kappa shape index (κ2) is 4.85. The molecule has 0 bridgehead atoms. The zero-order valence-corrected chi connectivity index (χ0v) is 9.99. The van der Waals surface area contributed by atoms with Gasteiger partial charge < -0.3 is 10.2 Å². The van der Waals surface area contributed by atoms with E-state index in [0.29, 0.717) is 16.8 Å². The summed E-state index contributed by atoms with van der Waals surface area (Å²) in [4.78, 5) is 30.1. The third-order valence-corrected chi connectivity index (χ3v) is 2.72. The first-order chi connectivity index (χ1) is 9.00. The number of aromatic nitrogens is 2. The Balaban J connectivity index is 2.73. The van der Waals surface area contributed by atoms with Crippen molar-refractivity contribution in [1.82, 2.24) is 9.97 Å². The van der Waals surface area contributed by atoms with Gasteiger partial charge in [-0.1, -0.05) is 0 Å². The van der Waals surface area contributed by atoms with Crippen LogP contribution in [0.15, 0.2) is 30.7 Å². The Kier molecular flexibility index (Phi) is 3.24. The fraction of sp³-hybridized carbons (Fsp3) is 0.0769. The van der Waals surface area contributed by atoms with E-state index >= 15 is 0 Å². The number of carboxylic acids is 2. The summed E-state index contributed by atoms with van der Waals surface area (Å²) in [5.74, 6) is -2.36. The fourth-order valence-corrected chi connectivity index (χ4v) is 1.76. The van der Waals surface area contributed by atoms with Gasteiger partial charge in [0.2, 0.25) is 0 Å². The molecule has 0 amide bonds. The molecular formula is C13H10N2O4. The Hall–Kier alpha value is -2.76. The molecule has 0 saturated carbocycles. The van der Waals surface area contributed by atoms with Crippen LogP contribution in [0.3, 0.4) is 0 Å². The number of carbonyl (C=O) groups is 2. The van der Waals surface area contributed by atoms with E-state index < -0.39 is 11.9 Å². The van der Waals surface area contributed by atoms with E-state index in [-0.39, 0.29) is 11.1 Å². The van der Waals surface area contributed by atoms with Crippen molar-refractivity contribution in [3.63, 3.8) is 0 Å². The van der Waals surface area contributed by atoms with Crippen LogP contribution in [0.5, 0.6) is 0 Å². The SMILES string of the molecule is Cc1c(C(=O)O)cc(C(=O)O)cc1-c1cnccn1. The van der Waals surface area contributed by atoms with Crippen LogP contribution in [0.1, 0.15) is 26.3 Å². The highest BCUT2D eigenvalue weighted by molar-refractivity contribution is 5.97.